The molecule has 0 bridgehead atoms. The van der Waals surface area contributed by atoms with Gasteiger partial charge in [0.15, 0.2) is 4.32 Å². The number of phenols is 1. The number of anilines is 1. The van der Waals surface area contributed by atoms with Crippen LogP contribution < -0.4 is 4.90 Å². The van der Waals surface area contributed by atoms with Crippen LogP contribution in [0.25, 0.3) is 6.08 Å². The number of carbonyl (C=O) groups excluding carboxylic acids is 1. The fourth-order valence-corrected chi connectivity index (χ4v) is 3.52. The number of carbonyl (C=O) groups is 1. The molecule has 0 unspecified atom stereocenters. The first-order valence-electron chi connectivity index (χ1n) is 6.68. The van der Waals surface area contributed by atoms with Crippen LogP contribution in [-0.2, 0) is 4.79 Å². The predicted octanol–water partition coefficient (Wildman–Crippen LogP) is 4.11. The molecule has 2 aromatic carbocycles. The summed E-state index contributed by atoms with van der Waals surface area (Å²) in [6.07, 6.45) is 1.74. The molecule has 1 N–H and O–H groups in total. The summed E-state index contributed by atoms with van der Waals surface area (Å²) in [4.78, 5) is 14.7. The Morgan fingerprint density at radius 3 is 2.68 bits per heavy atom. The van der Waals surface area contributed by atoms with Gasteiger partial charge in [-0.1, -0.05) is 48.2 Å². The van der Waals surface area contributed by atoms with E-state index in [4.69, 9.17) is 12.2 Å². The van der Waals surface area contributed by atoms with Crippen molar-refractivity contribution >= 4 is 46.0 Å². The van der Waals surface area contributed by atoms with E-state index in [1.807, 2.05) is 37.3 Å². The van der Waals surface area contributed by atoms with Crippen LogP contribution in [0.1, 0.15) is 11.1 Å². The van der Waals surface area contributed by atoms with Crippen molar-refractivity contribution in [3.05, 3.63) is 64.6 Å². The minimum absolute atomic E-state index is 0.135. The number of amides is 1. The number of hydrogen-bond donors (Lipinski definition) is 1. The predicted molar refractivity (Wildman–Crippen MR) is 94.9 cm³/mol. The molecule has 2 aromatic rings. The van der Waals surface area contributed by atoms with Gasteiger partial charge in [0, 0.05) is 0 Å². The van der Waals surface area contributed by atoms with Gasteiger partial charge in [-0.2, -0.15) is 0 Å². The smallest absolute Gasteiger partial charge is 0.270 e. The van der Waals surface area contributed by atoms with Gasteiger partial charge in [0.25, 0.3) is 5.91 Å². The van der Waals surface area contributed by atoms with Crippen LogP contribution in [0.4, 0.5) is 5.69 Å². The van der Waals surface area contributed by atoms with Crippen molar-refractivity contribution in [3.8, 4) is 5.75 Å². The number of aromatic hydroxyl groups is 1. The molecular weight excluding hydrogens is 314 g/mol. The third-order valence-corrected chi connectivity index (χ3v) is 4.52. The molecule has 3 nitrogen and oxygen atoms in total. The monoisotopic (exact) mass is 327 g/mol. The first kappa shape index (κ1) is 14.8. The second kappa shape index (κ2) is 5.94. The van der Waals surface area contributed by atoms with E-state index in [2.05, 4.69) is 0 Å². The molecule has 1 fully saturated rings. The SMILES string of the molecule is Cc1cccc(N2C(=O)C(=Cc3cccc(O)c3)SC2=S)c1. The average Bonchev–Trinajstić information content (AvgIpc) is 2.73. The number of benzene rings is 2. The fourth-order valence-electron chi connectivity index (χ4n) is 2.22. The molecule has 0 radical (unpaired) electrons. The molecule has 3 rings (SSSR count). The highest BCUT2D eigenvalue weighted by atomic mass is 32.2. The number of rotatable bonds is 2. The Kier molecular flexibility index (Phi) is 4.00. The largest absolute Gasteiger partial charge is 0.508 e. The zero-order chi connectivity index (χ0) is 15.7. The van der Waals surface area contributed by atoms with Gasteiger partial charge < -0.3 is 5.11 Å². The molecule has 0 spiro atoms. The Balaban J connectivity index is 1.95. The molecule has 22 heavy (non-hydrogen) atoms. The molecule has 1 amide bonds. The van der Waals surface area contributed by atoms with E-state index < -0.39 is 0 Å². The van der Waals surface area contributed by atoms with Crippen molar-refractivity contribution in [2.75, 3.05) is 4.90 Å². The minimum atomic E-state index is -0.135. The molecule has 1 saturated heterocycles. The van der Waals surface area contributed by atoms with E-state index >= 15 is 0 Å². The first-order chi connectivity index (χ1) is 10.5. The molecule has 110 valence electrons. The molecule has 1 aliphatic rings. The third kappa shape index (κ3) is 2.91. The van der Waals surface area contributed by atoms with Crippen molar-refractivity contribution in [3.63, 3.8) is 0 Å². The van der Waals surface area contributed by atoms with E-state index in [0.29, 0.717) is 9.23 Å². The second-order valence-corrected chi connectivity index (χ2v) is 6.63. The lowest BCUT2D eigenvalue weighted by Gasteiger charge is -2.14. The maximum atomic E-state index is 12.6. The zero-order valence-electron chi connectivity index (χ0n) is 11.8. The van der Waals surface area contributed by atoms with Crippen LogP contribution in [0.3, 0.4) is 0 Å². The van der Waals surface area contributed by atoms with Gasteiger partial charge in [0.2, 0.25) is 0 Å². The molecule has 1 aliphatic heterocycles. The maximum Gasteiger partial charge on any atom is 0.270 e. The highest BCUT2D eigenvalue weighted by Crippen LogP contribution is 2.36. The molecule has 0 aliphatic carbocycles. The van der Waals surface area contributed by atoms with E-state index in [-0.39, 0.29) is 11.7 Å². The normalized spacial score (nSPS) is 16.6. The Morgan fingerprint density at radius 2 is 1.95 bits per heavy atom. The molecular formula is C17H13NO2S2. The number of nitrogens with zero attached hydrogens (tertiary/aromatic N) is 1. The van der Waals surface area contributed by atoms with E-state index in [9.17, 15) is 9.90 Å². The molecule has 0 aromatic heterocycles. The van der Waals surface area contributed by atoms with Gasteiger partial charge in [0.05, 0.1) is 10.6 Å². The quantitative estimate of drug-likeness (QED) is 0.666. The van der Waals surface area contributed by atoms with Crippen molar-refractivity contribution in [2.24, 2.45) is 0 Å². The van der Waals surface area contributed by atoms with Crippen molar-refractivity contribution in [1.29, 1.82) is 0 Å². The van der Waals surface area contributed by atoms with Crippen LogP contribution in [0, 0.1) is 6.92 Å². The van der Waals surface area contributed by atoms with Crippen LogP contribution in [0.2, 0.25) is 0 Å². The van der Waals surface area contributed by atoms with Gasteiger partial charge in [-0.25, -0.2) is 0 Å². The lowest BCUT2D eigenvalue weighted by molar-refractivity contribution is -0.113. The summed E-state index contributed by atoms with van der Waals surface area (Å²) in [5.74, 6) is 0.0341. The number of thiocarbonyl (C=S) groups is 1. The highest BCUT2D eigenvalue weighted by molar-refractivity contribution is 8.27. The van der Waals surface area contributed by atoms with E-state index in [0.717, 1.165) is 16.8 Å². The van der Waals surface area contributed by atoms with E-state index in [1.165, 1.54) is 11.8 Å². The third-order valence-electron chi connectivity index (χ3n) is 3.22. The average molecular weight is 327 g/mol. The van der Waals surface area contributed by atoms with Crippen LogP contribution in [-0.4, -0.2) is 15.3 Å². The lowest BCUT2D eigenvalue weighted by atomic mass is 10.2. The summed E-state index contributed by atoms with van der Waals surface area (Å²) in [7, 11) is 0. The van der Waals surface area contributed by atoms with Crippen molar-refractivity contribution in [2.45, 2.75) is 6.92 Å². The van der Waals surface area contributed by atoms with Gasteiger partial charge in [-0.3, -0.25) is 9.69 Å². The summed E-state index contributed by atoms with van der Waals surface area (Å²) < 4.78 is 0.516. The summed E-state index contributed by atoms with van der Waals surface area (Å²) >= 11 is 6.61. The number of phenolic OH excluding ortho intramolecular Hbond substituents is 1. The molecule has 0 saturated carbocycles. The summed E-state index contributed by atoms with van der Waals surface area (Å²) in [6.45, 7) is 1.98. The highest BCUT2D eigenvalue weighted by Gasteiger charge is 2.33. The standard InChI is InChI=1S/C17H13NO2S2/c1-11-4-2-6-13(8-11)18-16(20)15(22-17(18)21)10-12-5-3-7-14(19)9-12/h2-10,19H,1H3. The minimum Gasteiger partial charge on any atom is -0.508 e. The second-order valence-electron chi connectivity index (χ2n) is 4.95. The number of aryl methyl sites for hydroxylation is 1. The Bertz CT molecular complexity index is 799. The zero-order valence-corrected chi connectivity index (χ0v) is 13.4. The van der Waals surface area contributed by atoms with E-state index in [1.54, 1.807) is 29.2 Å². The van der Waals surface area contributed by atoms with Crippen molar-refractivity contribution < 1.29 is 9.90 Å². The first-order valence-corrected chi connectivity index (χ1v) is 7.91. The summed E-state index contributed by atoms with van der Waals surface area (Å²) in [6, 6.07) is 14.5. The van der Waals surface area contributed by atoms with Gasteiger partial charge in [0.1, 0.15) is 5.75 Å². The van der Waals surface area contributed by atoms with Gasteiger partial charge >= 0.3 is 0 Å². The van der Waals surface area contributed by atoms with Crippen molar-refractivity contribution in [1.82, 2.24) is 0 Å². The Morgan fingerprint density at radius 1 is 1.18 bits per heavy atom. The van der Waals surface area contributed by atoms with Gasteiger partial charge in [-0.05, 0) is 48.4 Å². The van der Waals surface area contributed by atoms with Crippen LogP contribution in [0.15, 0.2) is 53.4 Å². The maximum absolute atomic E-state index is 12.6. The van der Waals surface area contributed by atoms with Gasteiger partial charge in [-0.15, -0.1) is 0 Å². The topological polar surface area (TPSA) is 40.5 Å². The molecule has 0 atom stereocenters. The Hall–Kier alpha value is -2.11. The lowest BCUT2D eigenvalue weighted by Crippen LogP contribution is -2.27. The molecule has 1 heterocycles. The number of hydrogen-bond acceptors (Lipinski definition) is 4. The Labute approximate surface area is 138 Å². The van der Waals surface area contributed by atoms with Crippen LogP contribution in [0.5, 0.6) is 5.75 Å². The summed E-state index contributed by atoms with van der Waals surface area (Å²) in [5.41, 5.74) is 2.62. The fraction of sp³-hybridized carbons (Fsp3) is 0.0588. The summed E-state index contributed by atoms with van der Waals surface area (Å²) in [5, 5.41) is 9.51. The molecule has 5 heteroatoms. The number of thioether (sulfide) groups is 1. The van der Waals surface area contributed by atoms with Crippen LogP contribution >= 0.6 is 24.0 Å².